The van der Waals surface area contributed by atoms with Crippen LogP contribution in [0.3, 0.4) is 0 Å². The van der Waals surface area contributed by atoms with Crippen molar-refractivity contribution in [1.82, 2.24) is 10.4 Å². The first-order valence-corrected chi connectivity index (χ1v) is 4.93. The Morgan fingerprint density at radius 2 is 1.80 bits per heavy atom. The highest BCUT2D eigenvalue weighted by Crippen LogP contribution is 2.07. The van der Waals surface area contributed by atoms with Gasteiger partial charge in [0.05, 0.1) is 5.60 Å². The van der Waals surface area contributed by atoms with Gasteiger partial charge >= 0.3 is 6.09 Å². The predicted octanol–water partition coefficient (Wildman–Crippen LogP) is 1.13. The van der Waals surface area contributed by atoms with Gasteiger partial charge in [-0.15, -0.1) is 0 Å². The molecule has 0 spiro atoms. The van der Waals surface area contributed by atoms with Crippen LogP contribution >= 0.6 is 0 Å². The van der Waals surface area contributed by atoms with Crippen LogP contribution in [-0.2, 0) is 4.74 Å². The molecule has 0 aliphatic carbocycles. The van der Waals surface area contributed by atoms with Crippen LogP contribution in [0.25, 0.3) is 0 Å². The molecule has 0 unspecified atom stereocenters. The second kappa shape index (κ2) is 4.81. The van der Waals surface area contributed by atoms with Crippen molar-refractivity contribution in [2.45, 2.75) is 45.8 Å². The fourth-order valence-electron chi connectivity index (χ4n) is 1.08. The molecule has 2 N–H and O–H groups in total. The van der Waals surface area contributed by atoms with Crippen LogP contribution < -0.4 is 5.43 Å². The molecule has 15 heavy (non-hydrogen) atoms. The number of amides is 1. The highest BCUT2D eigenvalue weighted by molar-refractivity contribution is 5.66. The zero-order valence-corrected chi connectivity index (χ0v) is 10.4. The van der Waals surface area contributed by atoms with Gasteiger partial charge < -0.3 is 9.84 Å². The van der Waals surface area contributed by atoms with Crippen molar-refractivity contribution in [2.75, 3.05) is 13.6 Å². The number of nitrogens with zero attached hydrogens (tertiary/aromatic N) is 1. The zero-order valence-electron chi connectivity index (χ0n) is 10.4. The summed E-state index contributed by atoms with van der Waals surface area (Å²) in [5, 5.41) is 11.0. The van der Waals surface area contributed by atoms with Crippen LogP contribution in [0.2, 0.25) is 0 Å². The molecule has 0 aromatic carbocycles. The van der Waals surface area contributed by atoms with Crippen LogP contribution in [0.15, 0.2) is 0 Å². The van der Waals surface area contributed by atoms with Gasteiger partial charge in [0.15, 0.2) is 0 Å². The number of hydrogen-bond donors (Lipinski definition) is 2. The maximum absolute atomic E-state index is 11.3. The van der Waals surface area contributed by atoms with Crippen LogP contribution in [0.4, 0.5) is 4.79 Å². The summed E-state index contributed by atoms with van der Waals surface area (Å²) in [6.07, 6.45) is -0.519. The van der Waals surface area contributed by atoms with Crippen molar-refractivity contribution in [3.05, 3.63) is 0 Å². The van der Waals surface area contributed by atoms with E-state index in [-0.39, 0.29) is 0 Å². The van der Waals surface area contributed by atoms with Gasteiger partial charge in [0.25, 0.3) is 0 Å². The Labute approximate surface area is 91.4 Å². The van der Waals surface area contributed by atoms with Crippen molar-refractivity contribution >= 4 is 6.09 Å². The smallest absolute Gasteiger partial charge is 0.422 e. The molecule has 0 aromatic rings. The van der Waals surface area contributed by atoms with Gasteiger partial charge in [-0.1, -0.05) is 0 Å². The average molecular weight is 218 g/mol. The van der Waals surface area contributed by atoms with E-state index < -0.39 is 17.3 Å². The first-order valence-electron chi connectivity index (χ1n) is 4.93. The molecular formula is C10H22N2O3. The van der Waals surface area contributed by atoms with E-state index in [1.165, 1.54) is 5.01 Å². The second-order valence-corrected chi connectivity index (χ2v) is 5.28. The molecule has 0 bridgehead atoms. The lowest BCUT2D eigenvalue weighted by Gasteiger charge is -2.27. The van der Waals surface area contributed by atoms with Crippen molar-refractivity contribution in [3.63, 3.8) is 0 Å². The lowest BCUT2D eigenvalue weighted by Crippen LogP contribution is -2.48. The molecule has 90 valence electrons. The molecule has 0 saturated carbocycles. The number of hydrogen-bond acceptors (Lipinski definition) is 4. The highest BCUT2D eigenvalue weighted by Gasteiger charge is 2.20. The van der Waals surface area contributed by atoms with E-state index in [1.54, 1.807) is 41.7 Å². The number of hydrazine groups is 1. The third-order valence-corrected chi connectivity index (χ3v) is 1.31. The molecule has 0 fully saturated rings. The van der Waals surface area contributed by atoms with Gasteiger partial charge in [0, 0.05) is 13.6 Å². The molecule has 0 aliphatic heterocycles. The summed E-state index contributed by atoms with van der Waals surface area (Å²) in [4.78, 5) is 11.3. The van der Waals surface area contributed by atoms with E-state index in [9.17, 15) is 9.90 Å². The van der Waals surface area contributed by atoms with Crippen molar-refractivity contribution in [3.8, 4) is 0 Å². The number of nitrogens with one attached hydrogen (secondary N) is 1. The first kappa shape index (κ1) is 14.2. The largest absolute Gasteiger partial charge is 0.443 e. The summed E-state index contributed by atoms with van der Waals surface area (Å²) in [7, 11) is 1.67. The van der Waals surface area contributed by atoms with E-state index in [4.69, 9.17) is 4.74 Å². The normalized spacial score (nSPS) is 12.8. The minimum absolute atomic E-state index is 0.326. The van der Waals surface area contributed by atoms with Crippen LogP contribution in [0.5, 0.6) is 0 Å². The van der Waals surface area contributed by atoms with Crippen LogP contribution in [0, 0.1) is 0 Å². The third kappa shape index (κ3) is 9.49. The lowest BCUT2D eigenvalue weighted by molar-refractivity contribution is 0.00891. The summed E-state index contributed by atoms with van der Waals surface area (Å²) < 4.78 is 5.05. The standard InChI is InChI=1S/C10H22N2O3/c1-9(2,3)15-8(13)11-12(6)7-10(4,5)14/h14H,7H2,1-6H3,(H,11,13). The minimum atomic E-state index is -0.857. The van der Waals surface area contributed by atoms with E-state index in [1.807, 2.05) is 0 Å². The van der Waals surface area contributed by atoms with Crippen molar-refractivity contribution < 1.29 is 14.6 Å². The molecule has 0 rings (SSSR count). The second-order valence-electron chi connectivity index (χ2n) is 5.28. The number of aliphatic hydroxyl groups is 1. The zero-order chi connectivity index (χ0) is 12.3. The summed E-state index contributed by atoms with van der Waals surface area (Å²) in [5.74, 6) is 0. The topological polar surface area (TPSA) is 61.8 Å². The van der Waals surface area contributed by atoms with Crippen LogP contribution in [0.1, 0.15) is 34.6 Å². The highest BCUT2D eigenvalue weighted by atomic mass is 16.6. The monoisotopic (exact) mass is 218 g/mol. The Kier molecular flexibility index (Phi) is 4.55. The predicted molar refractivity (Wildman–Crippen MR) is 58.3 cm³/mol. The third-order valence-electron chi connectivity index (χ3n) is 1.31. The fourth-order valence-corrected chi connectivity index (χ4v) is 1.08. The molecule has 0 heterocycles. The van der Waals surface area contributed by atoms with Gasteiger partial charge in [-0.25, -0.2) is 9.80 Å². The number of likely N-dealkylation sites (N-methyl/N-ethyl adjacent to an activating group) is 1. The molecule has 5 nitrogen and oxygen atoms in total. The van der Waals surface area contributed by atoms with Gasteiger partial charge in [-0.3, -0.25) is 5.43 Å². The van der Waals surface area contributed by atoms with E-state index in [0.29, 0.717) is 6.54 Å². The summed E-state index contributed by atoms with van der Waals surface area (Å²) in [6.45, 7) is 9.04. The maximum Gasteiger partial charge on any atom is 0.422 e. The Balaban J connectivity index is 3.98. The summed E-state index contributed by atoms with van der Waals surface area (Å²) >= 11 is 0. The van der Waals surface area contributed by atoms with E-state index in [0.717, 1.165) is 0 Å². The Bertz CT molecular complexity index is 216. The molecular weight excluding hydrogens is 196 g/mol. The average Bonchev–Trinajstić information content (AvgIpc) is 1.73. The fraction of sp³-hybridized carbons (Fsp3) is 0.900. The Morgan fingerprint density at radius 3 is 2.13 bits per heavy atom. The number of ether oxygens (including phenoxy) is 1. The van der Waals surface area contributed by atoms with Crippen LogP contribution in [-0.4, -0.2) is 41.0 Å². The molecule has 5 heteroatoms. The minimum Gasteiger partial charge on any atom is -0.443 e. The molecule has 0 atom stereocenters. The summed E-state index contributed by atoms with van der Waals surface area (Å²) in [5.41, 5.74) is 1.13. The lowest BCUT2D eigenvalue weighted by atomic mass is 10.1. The van der Waals surface area contributed by atoms with E-state index >= 15 is 0 Å². The molecule has 0 aromatic heterocycles. The SMILES string of the molecule is CN(CC(C)(C)O)NC(=O)OC(C)(C)C. The maximum atomic E-state index is 11.3. The quantitative estimate of drug-likeness (QED) is 0.697. The number of carbonyl (C=O) groups is 1. The molecule has 0 saturated heterocycles. The van der Waals surface area contributed by atoms with Gasteiger partial charge in [-0.2, -0.15) is 0 Å². The van der Waals surface area contributed by atoms with Gasteiger partial charge in [0.2, 0.25) is 0 Å². The molecule has 0 aliphatic rings. The number of carbonyl (C=O) groups excluding carboxylic acids is 1. The van der Waals surface area contributed by atoms with Crippen molar-refractivity contribution in [2.24, 2.45) is 0 Å². The van der Waals surface area contributed by atoms with Gasteiger partial charge in [0.1, 0.15) is 5.60 Å². The Hall–Kier alpha value is -0.810. The number of rotatable bonds is 3. The molecule has 0 radical (unpaired) electrons. The van der Waals surface area contributed by atoms with E-state index in [2.05, 4.69) is 5.43 Å². The first-order chi connectivity index (χ1) is 6.49. The summed E-state index contributed by atoms with van der Waals surface area (Å²) in [6, 6.07) is 0. The molecule has 1 amide bonds. The Morgan fingerprint density at radius 1 is 1.33 bits per heavy atom. The van der Waals surface area contributed by atoms with Crippen molar-refractivity contribution in [1.29, 1.82) is 0 Å². The van der Waals surface area contributed by atoms with Gasteiger partial charge in [-0.05, 0) is 34.6 Å².